The minimum atomic E-state index is -0.191. The first-order valence-corrected chi connectivity index (χ1v) is 5.12. The highest BCUT2D eigenvalue weighted by Crippen LogP contribution is 2.19. The Kier molecular flexibility index (Phi) is 4.39. The third kappa shape index (κ3) is 3.44. The highest BCUT2D eigenvalue weighted by molar-refractivity contribution is 9.10. The number of nitrogens with one attached hydrogen (secondary N) is 1. The number of hydrogen-bond acceptors (Lipinski definition) is 1. The van der Waals surface area contributed by atoms with Crippen molar-refractivity contribution < 1.29 is 4.39 Å². The molecule has 0 saturated carbocycles. The minimum Gasteiger partial charge on any atom is -0.320 e. The van der Waals surface area contributed by atoms with E-state index in [9.17, 15) is 4.39 Å². The largest absolute Gasteiger partial charge is 0.320 e. The van der Waals surface area contributed by atoms with Crippen molar-refractivity contribution in [1.29, 1.82) is 0 Å². The molecule has 0 aliphatic heterocycles. The maximum Gasteiger partial charge on any atom is 0.124 e. The van der Waals surface area contributed by atoms with Gasteiger partial charge in [0.25, 0.3) is 0 Å². The van der Waals surface area contributed by atoms with Gasteiger partial charge in [-0.25, -0.2) is 4.39 Å². The molecule has 0 bridgehead atoms. The lowest BCUT2D eigenvalue weighted by atomic mass is 10.1. The summed E-state index contributed by atoms with van der Waals surface area (Å²) in [5.41, 5.74) is 1.16. The molecule has 0 heterocycles. The van der Waals surface area contributed by atoms with Gasteiger partial charge in [0.05, 0.1) is 0 Å². The molecule has 0 aliphatic rings. The molecule has 0 radical (unpaired) electrons. The van der Waals surface area contributed by atoms with Crippen LogP contribution in [0.5, 0.6) is 0 Å². The van der Waals surface area contributed by atoms with Gasteiger partial charge in [-0.15, -0.1) is 0 Å². The van der Waals surface area contributed by atoms with Gasteiger partial charge in [-0.1, -0.05) is 22.0 Å². The third-order valence-corrected chi connectivity index (χ3v) is 2.63. The lowest BCUT2D eigenvalue weighted by Crippen LogP contribution is -2.08. The van der Waals surface area contributed by atoms with Crippen molar-refractivity contribution in [2.45, 2.75) is 12.8 Å². The van der Waals surface area contributed by atoms with Gasteiger partial charge in [-0.2, -0.15) is 0 Å². The van der Waals surface area contributed by atoms with E-state index in [0.717, 1.165) is 29.4 Å². The summed E-state index contributed by atoms with van der Waals surface area (Å²) < 4.78 is 13.6. The Labute approximate surface area is 86.5 Å². The van der Waals surface area contributed by atoms with Crippen LogP contribution in [0.4, 0.5) is 4.39 Å². The van der Waals surface area contributed by atoms with E-state index < -0.39 is 0 Å². The van der Waals surface area contributed by atoms with Crippen molar-refractivity contribution in [3.05, 3.63) is 34.1 Å². The first kappa shape index (κ1) is 10.7. The molecule has 3 heteroatoms. The second-order valence-electron chi connectivity index (χ2n) is 2.94. The van der Waals surface area contributed by atoms with E-state index in [2.05, 4.69) is 21.2 Å². The molecule has 0 fully saturated rings. The average molecular weight is 246 g/mol. The molecular formula is C10H13BrFN. The van der Waals surface area contributed by atoms with Crippen LogP contribution in [-0.4, -0.2) is 13.6 Å². The Morgan fingerprint density at radius 1 is 1.46 bits per heavy atom. The van der Waals surface area contributed by atoms with Crippen LogP contribution in [0.25, 0.3) is 0 Å². The molecule has 0 aromatic heterocycles. The summed E-state index contributed by atoms with van der Waals surface area (Å²) in [6.07, 6.45) is 2.04. The fourth-order valence-corrected chi connectivity index (χ4v) is 1.73. The Hall–Kier alpha value is -0.410. The van der Waals surface area contributed by atoms with Crippen LogP contribution in [-0.2, 0) is 6.42 Å². The Bertz CT molecular complexity index is 276. The molecule has 1 aromatic carbocycles. The van der Waals surface area contributed by atoms with Crippen LogP contribution in [0.15, 0.2) is 22.7 Å². The first-order valence-electron chi connectivity index (χ1n) is 4.32. The molecule has 13 heavy (non-hydrogen) atoms. The van der Waals surface area contributed by atoms with Crippen LogP contribution in [0.3, 0.4) is 0 Å². The minimum absolute atomic E-state index is 0.191. The summed E-state index contributed by atoms with van der Waals surface area (Å²) in [6.45, 7) is 0.990. The van der Waals surface area contributed by atoms with E-state index in [1.54, 1.807) is 0 Å². The number of benzene rings is 1. The zero-order chi connectivity index (χ0) is 9.68. The van der Waals surface area contributed by atoms with Gasteiger partial charge >= 0.3 is 0 Å². The maximum absolute atomic E-state index is 12.7. The smallest absolute Gasteiger partial charge is 0.124 e. The van der Waals surface area contributed by atoms with E-state index in [1.807, 2.05) is 13.1 Å². The van der Waals surface area contributed by atoms with Gasteiger partial charge in [0.2, 0.25) is 0 Å². The van der Waals surface area contributed by atoms with Crippen molar-refractivity contribution in [2.75, 3.05) is 13.6 Å². The Morgan fingerprint density at radius 3 is 2.85 bits per heavy atom. The van der Waals surface area contributed by atoms with Crippen LogP contribution < -0.4 is 5.32 Å². The van der Waals surface area contributed by atoms with E-state index in [1.165, 1.54) is 12.1 Å². The predicted octanol–water partition coefficient (Wildman–Crippen LogP) is 2.74. The SMILES string of the molecule is CNCCCc1ccc(F)cc1Br. The summed E-state index contributed by atoms with van der Waals surface area (Å²) >= 11 is 3.34. The molecule has 0 saturated heterocycles. The number of aryl methyl sites for hydroxylation is 1. The lowest BCUT2D eigenvalue weighted by Gasteiger charge is -2.03. The van der Waals surface area contributed by atoms with Crippen LogP contribution in [0.2, 0.25) is 0 Å². The number of hydrogen-bond donors (Lipinski definition) is 1. The highest BCUT2D eigenvalue weighted by Gasteiger charge is 2.00. The zero-order valence-corrected chi connectivity index (χ0v) is 9.20. The van der Waals surface area contributed by atoms with E-state index in [0.29, 0.717) is 0 Å². The van der Waals surface area contributed by atoms with Gasteiger partial charge in [0.15, 0.2) is 0 Å². The van der Waals surface area contributed by atoms with Crippen LogP contribution >= 0.6 is 15.9 Å². The first-order chi connectivity index (χ1) is 6.24. The monoisotopic (exact) mass is 245 g/mol. The number of rotatable bonds is 4. The molecule has 0 atom stereocenters. The second kappa shape index (κ2) is 5.35. The van der Waals surface area contributed by atoms with Gasteiger partial charge < -0.3 is 5.32 Å². The standard InChI is InChI=1S/C10H13BrFN/c1-13-6-2-3-8-4-5-9(12)7-10(8)11/h4-5,7,13H,2-3,6H2,1H3. The molecule has 1 aromatic rings. The van der Waals surface area contributed by atoms with Gasteiger partial charge in [0, 0.05) is 4.47 Å². The van der Waals surface area contributed by atoms with E-state index >= 15 is 0 Å². The summed E-state index contributed by atoms with van der Waals surface area (Å²) in [4.78, 5) is 0. The Balaban J connectivity index is 2.56. The molecule has 0 spiro atoms. The molecular weight excluding hydrogens is 233 g/mol. The molecule has 1 N–H and O–H groups in total. The fourth-order valence-electron chi connectivity index (χ4n) is 1.18. The summed E-state index contributed by atoms with van der Waals surface area (Å²) in [6, 6.07) is 4.84. The van der Waals surface area contributed by atoms with E-state index in [4.69, 9.17) is 0 Å². The molecule has 72 valence electrons. The van der Waals surface area contributed by atoms with Crippen molar-refractivity contribution in [2.24, 2.45) is 0 Å². The molecule has 0 aliphatic carbocycles. The predicted molar refractivity (Wildman–Crippen MR) is 56.3 cm³/mol. The van der Waals surface area contributed by atoms with Gasteiger partial charge in [-0.05, 0) is 44.1 Å². The van der Waals surface area contributed by atoms with Crippen molar-refractivity contribution in [3.8, 4) is 0 Å². The Morgan fingerprint density at radius 2 is 2.23 bits per heavy atom. The maximum atomic E-state index is 12.7. The molecule has 0 unspecified atom stereocenters. The molecule has 0 amide bonds. The van der Waals surface area contributed by atoms with Gasteiger partial charge in [0.1, 0.15) is 5.82 Å². The lowest BCUT2D eigenvalue weighted by molar-refractivity contribution is 0.625. The topological polar surface area (TPSA) is 12.0 Å². The fraction of sp³-hybridized carbons (Fsp3) is 0.400. The van der Waals surface area contributed by atoms with Gasteiger partial charge in [-0.3, -0.25) is 0 Å². The average Bonchev–Trinajstić information content (AvgIpc) is 2.09. The highest BCUT2D eigenvalue weighted by atomic mass is 79.9. The molecule has 1 rings (SSSR count). The van der Waals surface area contributed by atoms with Crippen molar-refractivity contribution >= 4 is 15.9 Å². The summed E-state index contributed by atoms with van der Waals surface area (Å²) in [7, 11) is 1.93. The molecule has 1 nitrogen and oxygen atoms in total. The summed E-state index contributed by atoms with van der Waals surface area (Å²) in [5.74, 6) is -0.191. The third-order valence-electron chi connectivity index (χ3n) is 1.89. The van der Waals surface area contributed by atoms with Crippen molar-refractivity contribution in [1.82, 2.24) is 5.32 Å². The quantitative estimate of drug-likeness (QED) is 0.805. The van der Waals surface area contributed by atoms with E-state index in [-0.39, 0.29) is 5.82 Å². The van der Waals surface area contributed by atoms with Crippen LogP contribution in [0.1, 0.15) is 12.0 Å². The summed E-state index contributed by atoms with van der Waals surface area (Å²) in [5, 5.41) is 3.08. The normalized spacial score (nSPS) is 10.4. The second-order valence-corrected chi connectivity index (χ2v) is 3.80. The van der Waals surface area contributed by atoms with Crippen LogP contribution in [0, 0.1) is 5.82 Å². The number of halogens is 2. The zero-order valence-electron chi connectivity index (χ0n) is 7.61. The van der Waals surface area contributed by atoms with Crippen molar-refractivity contribution in [3.63, 3.8) is 0 Å².